The number of carbonyl (C=O) groups excluding carboxylic acids is 1. The number of halogens is 1. The van der Waals surface area contributed by atoms with Crippen molar-refractivity contribution in [1.29, 1.82) is 0 Å². The van der Waals surface area contributed by atoms with E-state index in [1.54, 1.807) is 6.07 Å². The summed E-state index contributed by atoms with van der Waals surface area (Å²) in [4.78, 5) is 12.1. The predicted molar refractivity (Wildman–Crippen MR) is 117 cm³/mol. The summed E-state index contributed by atoms with van der Waals surface area (Å²) >= 11 is 0. The highest BCUT2D eigenvalue weighted by molar-refractivity contribution is 5.91. The van der Waals surface area contributed by atoms with Gasteiger partial charge in [-0.2, -0.15) is 0 Å². The minimum absolute atomic E-state index is 0.182. The van der Waals surface area contributed by atoms with Gasteiger partial charge in [-0.05, 0) is 67.9 Å². The molecule has 3 aromatic rings. The average molecular weight is 408 g/mol. The Morgan fingerprint density at radius 3 is 2.30 bits per heavy atom. The number of ether oxygens (including phenoxy) is 2. The van der Waals surface area contributed by atoms with Crippen molar-refractivity contribution in [2.75, 3.05) is 23.8 Å². The van der Waals surface area contributed by atoms with Crippen LogP contribution in [-0.4, -0.2) is 19.1 Å². The molecule has 0 aliphatic carbocycles. The Hall–Kier alpha value is -3.54. The maximum Gasteiger partial charge on any atom is 0.262 e. The number of benzene rings is 3. The number of rotatable bonds is 9. The molecule has 0 unspecified atom stereocenters. The molecule has 0 heterocycles. The van der Waals surface area contributed by atoms with Gasteiger partial charge < -0.3 is 20.1 Å². The summed E-state index contributed by atoms with van der Waals surface area (Å²) in [5, 5.41) is 6.03. The van der Waals surface area contributed by atoms with Crippen LogP contribution in [0.4, 0.5) is 15.8 Å². The van der Waals surface area contributed by atoms with E-state index in [4.69, 9.17) is 9.47 Å². The topological polar surface area (TPSA) is 59.6 Å². The molecule has 0 bridgehead atoms. The first-order valence-electron chi connectivity index (χ1n) is 9.78. The summed E-state index contributed by atoms with van der Waals surface area (Å²) in [6, 6.07) is 19.4. The Morgan fingerprint density at radius 2 is 1.60 bits per heavy atom. The Morgan fingerprint density at radius 1 is 0.900 bits per heavy atom. The normalized spacial score (nSPS) is 10.4. The van der Waals surface area contributed by atoms with E-state index in [1.165, 1.54) is 29.8 Å². The van der Waals surface area contributed by atoms with E-state index in [0.717, 1.165) is 11.3 Å². The van der Waals surface area contributed by atoms with Gasteiger partial charge in [-0.1, -0.05) is 23.8 Å². The van der Waals surface area contributed by atoms with Crippen LogP contribution in [0.15, 0.2) is 66.7 Å². The Bertz CT molecular complexity index is 973. The standard InChI is InChI=1S/C24H25FN2O3/c1-3-29-23-14-18(15-26-20-9-4-17(2)5-10-20)6-13-22(23)30-16-24(28)27-21-11-7-19(25)8-12-21/h4-14,26H,3,15-16H2,1-2H3,(H,27,28). The second-order valence-corrected chi connectivity index (χ2v) is 6.78. The van der Waals surface area contributed by atoms with Gasteiger partial charge in [0, 0.05) is 17.9 Å². The first kappa shape index (κ1) is 21.2. The van der Waals surface area contributed by atoms with Gasteiger partial charge in [0.2, 0.25) is 0 Å². The first-order chi connectivity index (χ1) is 14.5. The summed E-state index contributed by atoms with van der Waals surface area (Å²) in [6.45, 7) is 4.87. The van der Waals surface area contributed by atoms with Gasteiger partial charge in [-0.15, -0.1) is 0 Å². The summed E-state index contributed by atoms with van der Waals surface area (Å²) < 4.78 is 24.3. The van der Waals surface area contributed by atoms with Crippen LogP contribution in [0.3, 0.4) is 0 Å². The van der Waals surface area contributed by atoms with E-state index in [9.17, 15) is 9.18 Å². The Labute approximate surface area is 175 Å². The molecule has 156 valence electrons. The number of hydrogen-bond donors (Lipinski definition) is 2. The second kappa shape index (κ2) is 10.3. The van der Waals surface area contributed by atoms with Crippen molar-refractivity contribution in [3.63, 3.8) is 0 Å². The maximum atomic E-state index is 13.0. The van der Waals surface area contributed by atoms with Crippen LogP contribution < -0.4 is 20.1 Å². The molecule has 5 nitrogen and oxygen atoms in total. The summed E-state index contributed by atoms with van der Waals surface area (Å²) in [5.41, 5.74) is 3.79. The number of nitrogens with one attached hydrogen (secondary N) is 2. The molecule has 3 rings (SSSR count). The molecule has 2 N–H and O–H groups in total. The molecule has 0 aliphatic rings. The van der Waals surface area contributed by atoms with E-state index in [2.05, 4.69) is 29.7 Å². The molecule has 6 heteroatoms. The summed E-state index contributed by atoms with van der Waals surface area (Å²) in [7, 11) is 0. The lowest BCUT2D eigenvalue weighted by Gasteiger charge is -2.14. The minimum Gasteiger partial charge on any atom is -0.490 e. The van der Waals surface area contributed by atoms with Crippen molar-refractivity contribution >= 4 is 17.3 Å². The molecular formula is C24H25FN2O3. The lowest BCUT2D eigenvalue weighted by molar-refractivity contribution is -0.118. The number of aryl methyl sites for hydroxylation is 1. The largest absolute Gasteiger partial charge is 0.490 e. The van der Waals surface area contributed by atoms with E-state index >= 15 is 0 Å². The molecule has 0 spiro atoms. The molecule has 0 fully saturated rings. The molecule has 0 aromatic heterocycles. The third-order valence-electron chi connectivity index (χ3n) is 4.34. The highest BCUT2D eigenvalue weighted by Gasteiger charge is 2.10. The highest BCUT2D eigenvalue weighted by atomic mass is 19.1. The van der Waals surface area contributed by atoms with Crippen molar-refractivity contribution < 1.29 is 18.7 Å². The molecular weight excluding hydrogens is 383 g/mol. The van der Waals surface area contributed by atoms with Gasteiger partial charge >= 0.3 is 0 Å². The predicted octanol–water partition coefficient (Wildman–Crippen LogP) is 5.16. The van der Waals surface area contributed by atoms with E-state index in [-0.39, 0.29) is 18.3 Å². The molecule has 30 heavy (non-hydrogen) atoms. The van der Waals surface area contributed by atoms with E-state index in [1.807, 2.05) is 31.2 Å². The third kappa shape index (κ3) is 6.24. The van der Waals surface area contributed by atoms with Crippen LogP contribution in [0.1, 0.15) is 18.1 Å². The number of hydrogen-bond acceptors (Lipinski definition) is 4. The van der Waals surface area contributed by atoms with Crippen LogP contribution in [0.2, 0.25) is 0 Å². The average Bonchev–Trinajstić information content (AvgIpc) is 2.74. The van der Waals surface area contributed by atoms with Crippen LogP contribution in [0.5, 0.6) is 11.5 Å². The quantitative estimate of drug-likeness (QED) is 0.513. The van der Waals surface area contributed by atoms with Gasteiger partial charge in [-0.3, -0.25) is 4.79 Å². The summed E-state index contributed by atoms with van der Waals surface area (Å²) in [5.74, 6) is 0.372. The molecule has 1 amide bonds. The van der Waals surface area contributed by atoms with E-state index < -0.39 is 0 Å². The van der Waals surface area contributed by atoms with Gasteiger partial charge in [0.1, 0.15) is 5.82 Å². The lowest BCUT2D eigenvalue weighted by atomic mass is 10.2. The van der Waals surface area contributed by atoms with Crippen LogP contribution >= 0.6 is 0 Å². The fourth-order valence-corrected chi connectivity index (χ4v) is 2.80. The monoisotopic (exact) mass is 408 g/mol. The van der Waals surface area contributed by atoms with Crippen LogP contribution in [0.25, 0.3) is 0 Å². The lowest BCUT2D eigenvalue weighted by Crippen LogP contribution is -2.20. The summed E-state index contributed by atoms with van der Waals surface area (Å²) in [6.07, 6.45) is 0. The van der Waals surface area contributed by atoms with Crippen molar-refractivity contribution in [3.8, 4) is 11.5 Å². The highest BCUT2D eigenvalue weighted by Crippen LogP contribution is 2.29. The number of carbonyl (C=O) groups is 1. The minimum atomic E-state index is -0.359. The van der Waals surface area contributed by atoms with Crippen molar-refractivity contribution in [2.45, 2.75) is 20.4 Å². The van der Waals surface area contributed by atoms with Crippen molar-refractivity contribution in [3.05, 3.63) is 83.7 Å². The van der Waals surface area contributed by atoms with Crippen molar-refractivity contribution in [2.24, 2.45) is 0 Å². The van der Waals surface area contributed by atoms with Crippen LogP contribution in [-0.2, 0) is 11.3 Å². The number of anilines is 2. The van der Waals surface area contributed by atoms with E-state index in [0.29, 0.717) is 30.3 Å². The van der Waals surface area contributed by atoms with Gasteiger partial charge in [0.25, 0.3) is 5.91 Å². The van der Waals surface area contributed by atoms with Crippen molar-refractivity contribution in [1.82, 2.24) is 0 Å². The zero-order chi connectivity index (χ0) is 21.3. The Kier molecular flexibility index (Phi) is 7.27. The number of amides is 1. The molecule has 0 atom stereocenters. The second-order valence-electron chi connectivity index (χ2n) is 6.78. The van der Waals surface area contributed by atoms with Crippen LogP contribution in [0, 0.1) is 12.7 Å². The SMILES string of the molecule is CCOc1cc(CNc2ccc(C)cc2)ccc1OCC(=O)Nc1ccc(F)cc1. The fraction of sp³-hybridized carbons (Fsp3) is 0.208. The smallest absolute Gasteiger partial charge is 0.262 e. The maximum absolute atomic E-state index is 13.0. The van der Waals surface area contributed by atoms with Gasteiger partial charge in [0.05, 0.1) is 6.61 Å². The molecule has 0 aliphatic heterocycles. The molecule has 3 aromatic carbocycles. The zero-order valence-electron chi connectivity index (χ0n) is 17.1. The third-order valence-corrected chi connectivity index (χ3v) is 4.34. The van der Waals surface area contributed by atoms with Gasteiger partial charge in [0.15, 0.2) is 18.1 Å². The molecule has 0 saturated heterocycles. The Balaban J connectivity index is 1.59. The zero-order valence-corrected chi connectivity index (χ0v) is 17.1. The molecule has 0 saturated carbocycles. The fourth-order valence-electron chi connectivity index (χ4n) is 2.80. The molecule has 0 radical (unpaired) electrons. The first-order valence-corrected chi connectivity index (χ1v) is 9.78. The van der Waals surface area contributed by atoms with Gasteiger partial charge in [-0.25, -0.2) is 4.39 Å².